The van der Waals surface area contributed by atoms with Crippen LogP contribution in [0.3, 0.4) is 0 Å². The molecule has 0 aliphatic carbocycles. The number of hydrogen-bond acceptors (Lipinski definition) is 3. The summed E-state index contributed by atoms with van der Waals surface area (Å²) in [6, 6.07) is 19.7. The van der Waals surface area contributed by atoms with Crippen LogP contribution in [-0.2, 0) is 26.1 Å². The molecule has 1 aliphatic rings. The smallest absolute Gasteiger partial charge is 0.254 e. The van der Waals surface area contributed by atoms with Crippen molar-refractivity contribution < 1.29 is 4.74 Å². The first-order chi connectivity index (χ1) is 13.7. The monoisotopic (exact) mass is 372 g/mol. The summed E-state index contributed by atoms with van der Waals surface area (Å²) >= 11 is 0. The van der Waals surface area contributed by atoms with Gasteiger partial charge in [-0.25, -0.2) is 0 Å². The van der Waals surface area contributed by atoms with Gasteiger partial charge in [0.15, 0.2) is 0 Å². The van der Waals surface area contributed by atoms with Crippen LogP contribution in [0, 0.1) is 0 Å². The molecule has 0 atom stereocenters. The van der Waals surface area contributed by atoms with E-state index in [9.17, 15) is 4.79 Å². The minimum absolute atomic E-state index is 0.0914. The standard InChI is InChI=1S/C24H24N2O2/c1-18(21-8-7-20-9-11-25-15-22(20)13-21)16-26-12-10-23(14-24(26)27)28-17-19-5-3-2-4-6-19/h2-8,10,12-14,25H,1,9,11,15-17H2. The molecule has 0 unspecified atom stereocenters. The van der Waals surface area contributed by atoms with Crippen LogP contribution in [0.15, 0.2) is 78.2 Å². The Morgan fingerprint density at radius 2 is 1.93 bits per heavy atom. The molecule has 2 heterocycles. The normalized spacial score (nSPS) is 13.0. The lowest BCUT2D eigenvalue weighted by molar-refractivity contribution is 0.305. The average Bonchev–Trinajstić information content (AvgIpc) is 2.74. The van der Waals surface area contributed by atoms with Gasteiger partial charge in [-0.1, -0.05) is 49.0 Å². The van der Waals surface area contributed by atoms with Crippen LogP contribution in [-0.4, -0.2) is 11.1 Å². The third-order valence-corrected chi connectivity index (χ3v) is 5.08. The van der Waals surface area contributed by atoms with Crippen molar-refractivity contribution in [3.63, 3.8) is 0 Å². The van der Waals surface area contributed by atoms with E-state index in [0.29, 0.717) is 18.9 Å². The lowest BCUT2D eigenvalue weighted by Crippen LogP contribution is -2.23. The van der Waals surface area contributed by atoms with Gasteiger partial charge < -0.3 is 14.6 Å². The third-order valence-electron chi connectivity index (χ3n) is 5.08. The number of hydrogen-bond donors (Lipinski definition) is 1. The summed E-state index contributed by atoms with van der Waals surface area (Å²) in [5, 5.41) is 3.40. The van der Waals surface area contributed by atoms with Crippen molar-refractivity contribution in [2.24, 2.45) is 0 Å². The van der Waals surface area contributed by atoms with Gasteiger partial charge in [0.05, 0.1) is 6.54 Å². The van der Waals surface area contributed by atoms with E-state index < -0.39 is 0 Å². The first-order valence-electron chi connectivity index (χ1n) is 9.57. The molecule has 4 nitrogen and oxygen atoms in total. The Hall–Kier alpha value is -3.11. The van der Waals surface area contributed by atoms with E-state index in [1.165, 1.54) is 17.2 Å². The molecule has 3 aromatic rings. The van der Waals surface area contributed by atoms with E-state index in [0.717, 1.165) is 36.2 Å². The van der Waals surface area contributed by atoms with Crippen LogP contribution in [0.5, 0.6) is 5.75 Å². The second-order valence-corrected chi connectivity index (χ2v) is 7.12. The molecule has 0 spiro atoms. The van der Waals surface area contributed by atoms with E-state index in [4.69, 9.17) is 4.74 Å². The first-order valence-corrected chi connectivity index (χ1v) is 9.57. The maximum Gasteiger partial charge on any atom is 0.254 e. The van der Waals surface area contributed by atoms with Gasteiger partial charge in [-0.3, -0.25) is 4.79 Å². The van der Waals surface area contributed by atoms with Crippen molar-refractivity contribution in [3.8, 4) is 5.75 Å². The van der Waals surface area contributed by atoms with Crippen LogP contribution in [0.1, 0.15) is 22.3 Å². The molecule has 28 heavy (non-hydrogen) atoms. The minimum Gasteiger partial charge on any atom is -0.489 e. The maximum absolute atomic E-state index is 12.5. The molecule has 1 aliphatic heterocycles. The van der Waals surface area contributed by atoms with Gasteiger partial charge in [-0.2, -0.15) is 0 Å². The van der Waals surface area contributed by atoms with Gasteiger partial charge in [-0.05, 0) is 52.9 Å². The number of nitrogens with zero attached hydrogens (tertiary/aromatic N) is 1. The van der Waals surface area contributed by atoms with Crippen LogP contribution in [0.2, 0.25) is 0 Å². The number of allylic oxidation sites excluding steroid dienone is 1. The summed E-state index contributed by atoms with van der Waals surface area (Å²) in [4.78, 5) is 12.5. The highest BCUT2D eigenvalue weighted by Gasteiger charge is 2.11. The van der Waals surface area contributed by atoms with Gasteiger partial charge in [0.1, 0.15) is 12.4 Å². The number of rotatable bonds is 6. The Kier molecular flexibility index (Phi) is 5.40. The van der Waals surface area contributed by atoms with Crippen LogP contribution in [0.4, 0.5) is 0 Å². The largest absolute Gasteiger partial charge is 0.489 e. The van der Waals surface area contributed by atoms with Gasteiger partial charge in [0, 0.05) is 18.8 Å². The van der Waals surface area contributed by atoms with Gasteiger partial charge in [0.25, 0.3) is 5.56 Å². The zero-order valence-corrected chi connectivity index (χ0v) is 15.9. The van der Waals surface area contributed by atoms with Crippen LogP contribution < -0.4 is 15.6 Å². The molecule has 0 saturated heterocycles. The molecule has 0 bridgehead atoms. The predicted molar refractivity (Wildman–Crippen MR) is 112 cm³/mol. The molecule has 0 amide bonds. The van der Waals surface area contributed by atoms with Gasteiger partial charge >= 0.3 is 0 Å². The van der Waals surface area contributed by atoms with Crippen molar-refractivity contribution in [1.82, 2.24) is 9.88 Å². The van der Waals surface area contributed by atoms with Crippen LogP contribution >= 0.6 is 0 Å². The van der Waals surface area contributed by atoms with E-state index in [1.807, 2.05) is 36.4 Å². The highest BCUT2D eigenvalue weighted by molar-refractivity contribution is 5.64. The highest BCUT2D eigenvalue weighted by Crippen LogP contribution is 2.21. The summed E-state index contributed by atoms with van der Waals surface area (Å²) in [5.41, 5.74) is 5.70. The molecule has 0 radical (unpaired) electrons. The Morgan fingerprint density at radius 3 is 2.75 bits per heavy atom. The molecule has 0 fully saturated rings. The summed E-state index contributed by atoms with van der Waals surface area (Å²) in [6.45, 7) is 7.03. The summed E-state index contributed by atoms with van der Waals surface area (Å²) in [6.07, 6.45) is 2.83. The van der Waals surface area contributed by atoms with Crippen LogP contribution in [0.25, 0.3) is 5.57 Å². The van der Waals surface area contributed by atoms with E-state index in [2.05, 4.69) is 30.1 Å². The Morgan fingerprint density at radius 1 is 1.07 bits per heavy atom. The minimum atomic E-state index is -0.0914. The quantitative estimate of drug-likeness (QED) is 0.716. The predicted octanol–water partition coefficient (Wildman–Crippen LogP) is 3.79. The van der Waals surface area contributed by atoms with Crippen molar-refractivity contribution in [2.45, 2.75) is 26.1 Å². The summed E-state index contributed by atoms with van der Waals surface area (Å²) < 4.78 is 7.40. The molecule has 2 aromatic carbocycles. The summed E-state index contributed by atoms with van der Waals surface area (Å²) in [7, 11) is 0. The van der Waals surface area contributed by atoms with Crippen molar-refractivity contribution >= 4 is 5.57 Å². The zero-order chi connectivity index (χ0) is 19.3. The van der Waals surface area contributed by atoms with Crippen molar-refractivity contribution in [2.75, 3.05) is 6.54 Å². The van der Waals surface area contributed by atoms with E-state index in [1.54, 1.807) is 10.8 Å². The summed E-state index contributed by atoms with van der Waals surface area (Å²) in [5.74, 6) is 0.579. The van der Waals surface area contributed by atoms with Crippen molar-refractivity contribution in [3.05, 3.63) is 106 Å². The molecule has 1 N–H and O–H groups in total. The number of nitrogens with one attached hydrogen (secondary N) is 1. The number of ether oxygens (including phenoxy) is 1. The lowest BCUT2D eigenvalue weighted by Gasteiger charge is -2.18. The fourth-order valence-electron chi connectivity index (χ4n) is 3.45. The van der Waals surface area contributed by atoms with Gasteiger partial charge in [0.2, 0.25) is 0 Å². The molecule has 4 heteroatoms. The fraction of sp³-hybridized carbons (Fsp3) is 0.208. The average molecular weight is 372 g/mol. The van der Waals surface area contributed by atoms with Crippen molar-refractivity contribution in [1.29, 1.82) is 0 Å². The Bertz CT molecular complexity index is 1040. The third kappa shape index (κ3) is 4.24. The molecule has 142 valence electrons. The first kappa shape index (κ1) is 18.3. The molecule has 1 aromatic heterocycles. The Labute approximate surface area is 165 Å². The fourth-order valence-corrected chi connectivity index (χ4v) is 3.45. The number of pyridine rings is 1. The van der Waals surface area contributed by atoms with Gasteiger partial charge in [-0.15, -0.1) is 0 Å². The molecule has 0 saturated carbocycles. The van der Waals surface area contributed by atoms with E-state index in [-0.39, 0.29) is 5.56 Å². The molecular formula is C24H24N2O2. The molecular weight excluding hydrogens is 348 g/mol. The molecule has 4 rings (SSSR count). The highest BCUT2D eigenvalue weighted by atomic mass is 16.5. The SMILES string of the molecule is C=C(Cn1ccc(OCc2ccccc2)cc1=O)c1ccc2c(c1)CNCC2. The number of fused-ring (bicyclic) bond motifs is 1. The number of aromatic nitrogens is 1. The maximum atomic E-state index is 12.5. The zero-order valence-electron chi connectivity index (χ0n) is 15.9. The number of benzene rings is 2. The lowest BCUT2D eigenvalue weighted by atomic mass is 9.96. The van der Waals surface area contributed by atoms with E-state index >= 15 is 0 Å². The Balaban J connectivity index is 1.43. The topological polar surface area (TPSA) is 43.3 Å². The second-order valence-electron chi connectivity index (χ2n) is 7.12. The second kappa shape index (κ2) is 8.28.